The SMILES string of the molecule is Cc1nc(COc2cccc(C(=O)N3CC(O)C3)c2)cs1. The van der Waals surface area contributed by atoms with Crippen molar-refractivity contribution in [3.05, 3.63) is 45.9 Å². The van der Waals surface area contributed by atoms with E-state index in [4.69, 9.17) is 4.74 Å². The van der Waals surface area contributed by atoms with Crippen LogP contribution in [0.15, 0.2) is 29.6 Å². The molecule has 0 radical (unpaired) electrons. The minimum absolute atomic E-state index is 0.0738. The van der Waals surface area contributed by atoms with Crippen molar-refractivity contribution in [2.24, 2.45) is 0 Å². The maximum atomic E-state index is 12.2. The second-order valence-electron chi connectivity index (χ2n) is 5.04. The minimum Gasteiger partial charge on any atom is -0.487 e. The Bertz CT molecular complexity index is 650. The number of thiazole rings is 1. The highest BCUT2D eigenvalue weighted by molar-refractivity contribution is 7.09. The molecule has 1 aromatic heterocycles. The molecule has 21 heavy (non-hydrogen) atoms. The molecule has 0 atom stereocenters. The van der Waals surface area contributed by atoms with Crippen molar-refractivity contribution in [3.63, 3.8) is 0 Å². The van der Waals surface area contributed by atoms with Gasteiger partial charge in [0.05, 0.1) is 16.8 Å². The number of amides is 1. The summed E-state index contributed by atoms with van der Waals surface area (Å²) in [6.07, 6.45) is -0.388. The van der Waals surface area contributed by atoms with Crippen LogP contribution in [0.1, 0.15) is 21.1 Å². The van der Waals surface area contributed by atoms with Gasteiger partial charge >= 0.3 is 0 Å². The first kappa shape index (κ1) is 14.0. The average Bonchev–Trinajstić information content (AvgIpc) is 2.87. The summed E-state index contributed by atoms with van der Waals surface area (Å²) in [7, 11) is 0. The Morgan fingerprint density at radius 1 is 1.52 bits per heavy atom. The molecule has 0 spiro atoms. The number of likely N-dealkylation sites (tertiary alicyclic amines) is 1. The van der Waals surface area contributed by atoms with E-state index in [0.717, 1.165) is 10.7 Å². The van der Waals surface area contributed by atoms with E-state index in [9.17, 15) is 9.90 Å². The molecule has 0 aliphatic carbocycles. The number of nitrogens with zero attached hydrogens (tertiary/aromatic N) is 2. The van der Waals surface area contributed by atoms with Crippen LogP contribution in [-0.4, -0.2) is 40.1 Å². The molecule has 1 fully saturated rings. The van der Waals surface area contributed by atoms with E-state index in [1.807, 2.05) is 18.4 Å². The van der Waals surface area contributed by atoms with Gasteiger partial charge in [-0.2, -0.15) is 0 Å². The molecule has 2 aromatic rings. The Morgan fingerprint density at radius 3 is 3.00 bits per heavy atom. The van der Waals surface area contributed by atoms with Gasteiger partial charge in [-0.3, -0.25) is 4.79 Å². The van der Waals surface area contributed by atoms with Crippen LogP contribution < -0.4 is 4.74 Å². The summed E-state index contributed by atoms with van der Waals surface area (Å²) in [6, 6.07) is 7.10. The smallest absolute Gasteiger partial charge is 0.254 e. The predicted molar refractivity (Wildman–Crippen MR) is 79.5 cm³/mol. The highest BCUT2D eigenvalue weighted by Gasteiger charge is 2.29. The minimum atomic E-state index is -0.388. The van der Waals surface area contributed by atoms with E-state index in [-0.39, 0.29) is 12.0 Å². The summed E-state index contributed by atoms with van der Waals surface area (Å²) < 4.78 is 5.67. The highest BCUT2D eigenvalue weighted by atomic mass is 32.1. The number of aromatic nitrogens is 1. The number of ether oxygens (including phenoxy) is 1. The summed E-state index contributed by atoms with van der Waals surface area (Å²) in [5.74, 6) is 0.572. The number of aliphatic hydroxyl groups is 1. The summed E-state index contributed by atoms with van der Waals surface area (Å²) in [5, 5.41) is 12.2. The van der Waals surface area contributed by atoms with E-state index in [0.29, 0.717) is 31.0 Å². The number of hydrogen-bond acceptors (Lipinski definition) is 5. The molecule has 1 aliphatic heterocycles. The van der Waals surface area contributed by atoms with Crippen LogP contribution in [0, 0.1) is 6.92 Å². The molecule has 1 saturated heterocycles. The maximum Gasteiger partial charge on any atom is 0.254 e. The van der Waals surface area contributed by atoms with Crippen LogP contribution in [0.25, 0.3) is 0 Å². The predicted octanol–water partition coefficient (Wildman–Crippen LogP) is 1.85. The van der Waals surface area contributed by atoms with E-state index < -0.39 is 0 Å². The van der Waals surface area contributed by atoms with Crippen molar-refractivity contribution >= 4 is 17.2 Å². The van der Waals surface area contributed by atoms with Crippen LogP contribution in [0.5, 0.6) is 5.75 Å². The summed E-state index contributed by atoms with van der Waals surface area (Å²) in [5.41, 5.74) is 1.47. The number of aryl methyl sites for hydroxylation is 1. The third-order valence-electron chi connectivity index (χ3n) is 3.28. The van der Waals surface area contributed by atoms with Gasteiger partial charge in [0.2, 0.25) is 0 Å². The number of benzene rings is 1. The molecule has 5 nitrogen and oxygen atoms in total. The third kappa shape index (κ3) is 3.22. The Labute approximate surface area is 126 Å². The number of aliphatic hydroxyl groups excluding tert-OH is 1. The number of carbonyl (C=O) groups excluding carboxylic acids is 1. The normalized spacial score (nSPS) is 14.9. The zero-order valence-electron chi connectivity index (χ0n) is 11.7. The molecule has 2 heterocycles. The zero-order chi connectivity index (χ0) is 14.8. The van der Waals surface area contributed by atoms with Crippen LogP contribution in [0.4, 0.5) is 0 Å². The van der Waals surface area contributed by atoms with Gasteiger partial charge in [0.25, 0.3) is 5.91 Å². The first-order valence-electron chi connectivity index (χ1n) is 6.73. The average molecular weight is 304 g/mol. The lowest BCUT2D eigenvalue weighted by atomic mass is 10.1. The topological polar surface area (TPSA) is 62.7 Å². The van der Waals surface area contributed by atoms with Gasteiger partial charge in [0.15, 0.2) is 0 Å². The number of β-amino-alcohol motifs (C(OH)–C–C–N with tert-alkyl or cyclic N) is 1. The second-order valence-corrected chi connectivity index (χ2v) is 6.10. The number of hydrogen-bond donors (Lipinski definition) is 1. The largest absolute Gasteiger partial charge is 0.487 e. The Hall–Kier alpha value is -1.92. The van der Waals surface area contributed by atoms with Crippen molar-refractivity contribution in [3.8, 4) is 5.75 Å². The van der Waals surface area contributed by atoms with Crippen molar-refractivity contribution in [1.82, 2.24) is 9.88 Å². The first-order valence-corrected chi connectivity index (χ1v) is 7.61. The van der Waals surface area contributed by atoms with Crippen LogP contribution in [0.3, 0.4) is 0 Å². The molecular formula is C15H16N2O3S. The van der Waals surface area contributed by atoms with E-state index >= 15 is 0 Å². The van der Waals surface area contributed by atoms with Gasteiger partial charge in [0.1, 0.15) is 12.4 Å². The summed E-state index contributed by atoms with van der Waals surface area (Å²) in [4.78, 5) is 18.1. The highest BCUT2D eigenvalue weighted by Crippen LogP contribution is 2.19. The van der Waals surface area contributed by atoms with Crippen LogP contribution >= 0.6 is 11.3 Å². The molecular weight excluding hydrogens is 288 g/mol. The van der Waals surface area contributed by atoms with E-state index in [1.165, 1.54) is 0 Å². The molecule has 6 heteroatoms. The summed E-state index contributed by atoms with van der Waals surface area (Å²) >= 11 is 1.59. The van der Waals surface area contributed by atoms with Crippen molar-refractivity contribution in [2.45, 2.75) is 19.6 Å². The van der Waals surface area contributed by atoms with Crippen LogP contribution in [0.2, 0.25) is 0 Å². The lowest BCUT2D eigenvalue weighted by molar-refractivity contribution is 0.00587. The van der Waals surface area contributed by atoms with E-state index in [1.54, 1.807) is 34.4 Å². The van der Waals surface area contributed by atoms with E-state index in [2.05, 4.69) is 4.98 Å². The summed E-state index contributed by atoms with van der Waals surface area (Å²) in [6.45, 7) is 3.16. The molecule has 1 amide bonds. The fourth-order valence-electron chi connectivity index (χ4n) is 2.15. The molecule has 3 rings (SSSR count). The molecule has 0 saturated carbocycles. The molecule has 0 unspecified atom stereocenters. The van der Waals surface area contributed by atoms with Crippen LogP contribution in [-0.2, 0) is 6.61 Å². The fourth-order valence-corrected chi connectivity index (χ4v) is 2.75. The first-order chi connectivity index (χ1) is 10.1. The number of carbonyl (C=O) groups is 1. The molecule has 0 bridgehead atoms. The van der Waals surface area contributed by atoms with Gasteiger partial charge in [0, 0.05) is 24.0 Å². The van der Waals surface area contributed by atoms with Gasteiger partial charge in [-0.05, 0) is 25.1 Å². The number of rotatable bonds is 4. The second kappa shape index (κ2) is 5.83. The quantitative estimate of drug-likeness (QED) is 0.936. The van der Waals surface area contributed by atoms with Crippen molar-refractivity contribution < 1.29 is 14.6 Å². The Balaban J connectivity index is 1.64. The van der Waals surface area contributed by atoms with Gasteiger partial charge in [-0.1, -0.05) is 6.07 Å². The Morgan fingerprint density at radius 2 is 2.33 bits per heavy atom. The lowest BCUT2D eigenvalue weighted by Gasteiger charge is -2.35. The third-order valence-corrected chi connectivity index (χ3v) is 4.11. The zero-order valence-corrected chi connectivity index (χ0v) is 12.5. The van der Waals surface area contributed by atoms with Gasteiger partial charge in [-0.25, -0.2) is 4.98 Å². The van der Waals surface area contributed by atoms with Gasteiger partial charge < -0.3 is 14.7 Å². The monoisotopic (exact) mass is 304 g/mol. The maximum absolute atomic E-state index is 12.2. The molecule has 1 aliphatic rings. The molecule has 1 aromatic carbocycles. The molecule has 110 valence electrons. The Kier molecular flexibility index (Phi) is 3.90. The van der Waals surface area contributed by atoms with Gasteiger partial charge in [-0.15, -0.1) is 11.3 Å². The standard InChI is InChI=1S/C15H16N2O3S/c1-10-16-12(9-21-10)8-20-14-4-2-3-11(5-14)15(19)17-6-13(18)7-17/h2-5,9,13,18H,6-8H2,1H3. The van der Waals surface area contributed by atoms with Crippen molar-refractivity contribution in [1.29, 1.82) is 0 Å². The molecule has 1 N–H and O–H groups in total. The van der Waals surface area contributed by atoms with Crippen molar-refractivity contribution in [2.75, 3.05) is 13.1 Å². The lowest BCUT2D eigenvalue weighted by Crippen LogP contribution is -2.53. The fraction of sp³-hybridized carbons (Fsp3) is 0.333.